The van der Waals surface area contributed by atoms with Crippen molar-refractivity contribution in [2.75, 3.05) is 18.0 Å². The maximum Gasteiger partial charge on any atom is 0.417 e. The summed E-state index contributed by atoms with van der Waals surface area (Å²) in [6.45, 7) is 1.02. The van der Waals surface area contributed by atoms with Crippen LogP contribution in [-0.4, -0.2) is 35.0 Å². The van der Waals surface area contributed by atoms with Gasteiger partial charge in [0.2, 0.25) is 5.91 Å². The number of nitrogens with zero attached hydrogens (tertiary/aromatic N) is 3. The molecule has 27 heavy (non-hydrogen) atoms. The van der Waals surface area contributed by atoms with Gasteiger partial charge in [-0.25, -0.2) is 4.98 Å². The predicted molar refractivity (Wildman–Crippen MR) is 95.6 cm³/mol. The number of rotatable bonds is 5. The molecule has 1 fully saturated rings. The zero-order valence-electron chi connectivity index (χ0n) is 14.3. The Kier molecular flexibility index (Phi) is 5.84. The number of aryl methyl sites for hydroxylation is 1. The minimum atomic E-state index is -4.48. The lowest BCUT2D eigenvalue weighted by molar-refractivity contribution is -0.137. The molecule has 0 spiro atoms. The smallest absolute Gasteiger partial charge is 0.353 e. The van der Waals surface area contributed by atoms with Crippen LogP contribution in [0.3, 0.4) is 0 Å². The van der Waals surface area contributed by atoms with Crippen molar-refractivity contribution in [3.63, 3.8) is 0 Å². The third kappa shape index (κ3) is 5.09. The van der Waals surface area contributed by atoms with E-state index in [0.29, 0.717) is 38.2 Å². The second kappa shape index (κ2) is 8.12. The van der Waals surface area contributed by atoms with Gasteiger partial charge in [-0.05, 0) is 36.6 Å². The number of hydrogen-bond donors (Lipinski definition) is 1. The Morgan fingerprint density at radius 1 is 1.33 bits per heavy atom. The molecule has 0 bridgehead atoms. The van der Waals surface area contributed by atoms with Gasteiger partial charge in [-0.1, -0.05) is 11.6 Å². The van der Waals surface area contributed by atoms with E-state index in [1.165, 1.54) is 0 Å². The molecule has 5 nitrogen and oxygen atoms in total. The standard InChI is InChI=1S/C18H18ClF3N4O/c19-15-9-13(18(20,21)22)10-24-17(15)26-8-5-14(11-26)25-16(27)2-1-12-3-6-23-7-4-12/h3-4,6-7,9-10,14H,1-2,5,8,11H2,(H,25,27). The molecule has 1 aliphatic heterocycles. The Morgan fingerprint density at radius 3 is 2.74 bits per heavy atom. The number of carbonyl (C=O) groups is 1. The highest BCUT2D eigenvalue weighted by Gasteiger charge is 2.33. The number of anilines is 1. The minimum absolute atomic E-state index is 0.0468. The fourth-order valence-electron chi connectivity index (χ4n) is 3.00. The highest BCUT2D eigenvalue weighted by Crippen LogP contribution is 2.34. The van der Waals surface area contributed by atoms with Gasteiger partial charge in [0.1, 0.15) is 5.82 Å². The number of alkyl halides is 3. The summed E-state index contributed by atoms with van der Waals surface area (Å²) in [6.07, 6.45) is 1.33. The molecule has 1 atom stereocenters. The molecule has 1 unspecified atom stereocenters. The molecule has 2 aromatic heterocycles. The largest absolute Gasteiger partial charge is 0.417 e. The van der Waals surface area contributed by atoms with Crippen LogP contribution in [0.2, 0.25) is 5.02 Å². The molecule has 1 saturated heterocycles. The van der Waals surface area contributed by atoms with Crippen molar-refractivity contribution in [2.24, 2.45) is 0 Å². The van der Waals surface area contributed by atoms with Gasteiger partial charge in [0.25, 0.3) is 0 Å². The van der Waals surface area contributed by atoms with Crippen LogP contribution in [0.1, 0.15) is 24.0 Å². The van der Waals surface area contributed by atoms with Crippen LogP contribution >= 0.6 is 11.6 Å². The zero-order chi connectivity index (χ0) is 19.4. The molecule has 144 valence electrons. The molecule has 3 heterocycles. The summed E-state index contributed by atoms with van der Waals surface area (Å²) in [5.41, 5.74) is 0.158. The van der Waals surface area contributed by atoms with E-state index in [2.05, 4.69) is 15.3 Å². The van der Waals surface area contributed by atoms with E-state index in [1.807, 2.05) is 12.1 Å². The number of nitrogens with one attached hydrogen (secondary N) is 1. The summed E-state index contributed by atoms with van der Waals surface area (Å²) in [4.78, 5) is 21.7. The van der Waals surface area contributed by atoms with E-state index in [-0.39, 0.29) is 17.0 Å². The summed E-state index contributed by atoms with van der Waals surface area (Å²) in [5, 5.41) is 2.91. The fourth-order valence-corrected chi connectivity index (χ4v) is 3.28. The van der Waals surface area contributed by atoms with Crippen molar-refractivity contribution in [3.05, 3.63) is 52.9 Å². The minimum Gasteiger partial charge on any atom is -0.353 e. The molecule has 2 aromatic rings. The van der Waals surface area contributed by atoms with Crippen molar-refractivity contribution in [1.82, 2.24) is 15.3 Å². The van der Waals surface area contributed by atoms with E-state index in [4.69, 9.17) is 11.6 Å². The van der Waals surface area contributed by atoms with Crippen molar-refractivity contribution in [1.29, 1.82) is 0 Å². The van der Waals surface area contributed by atoms with Gasteiger partial charge >= 0.3 is 6.18 Å². The van der Waals surface area contributed by atoms with Crippen LogP contribution < -0.4 is 10.2 Å². The molecule has 1 amide bonds. The topological polar surface area (TPSA) is 58.1 Å². The lowest BCUT2D eigenvalue weighted by atomic mass is 10.1. The van der Waals surface area contributed by atoms with Crippen LogP contribution in [0.5, 0.6) is 0 Å². The third-order valence-corrected chi connectivity index (χ3v) is 4.67. The fraction of sp³-hybridized carbons (Fsp3) is 0.389. The molecule has 0 aliphatic carbocycles. The average Bonchev–Trinajstić information content (AvgIpc) is 3.08. The normalized spacial score (nSPS) is 17.2. The Bertz CT molecular complexity index is 801. The highest BCUT2D eigenvalue weighted by atomic mass is 35.5. The maximum absolute atomic E-state index is 12.7. The monoisotopic (exact) mass is 398 g/mol. The molecule has 3 rings (SSSR count). The molecular formula is C18H18ClF3N4O. The van der Waals surface area contributed by atoms with E-state index in [1.54, 1.807) is 17.3 Å². The van der Waals surface area contributed by atoms with Crippen LogP contribution in [0, 0.1) is 0 Å². The predicted octanol–water partition coefficient (Wildman–Crippen LogP) is 3.48. The molecule has 0 aromatic carbocycles. The van der Waals surface area contributed by atoms with Crippen molar-refractivity contribution >= 4 is 23.3 Å². The van der Waals surface area contributed by atoms with Crippen molar-refractivity contribution in [3.8, 4) is 0 Å². The number of halogens is 4. The third-order valence-electron chi connectivity index (χ3n) is 4.39. The molecule has 1 N–H and O–H groups in total. The first-order valence-corrected chi connectivity index (χ1v) is 8.86. The summed E-state index contributed by atoms with van der Waals surface area (Å²) >= 11 is 5.99. The highest BCUT2D eigenvalue weighted by molar-refractivity contribution is 6.33. The number of aromatic nitrogens is 2. The lowest BCUT2D eigenvalue weighted by Crippen LogP contribution is -2.37. The Morgan fingerprint density at radius 2 is 2.07 bits per heavy atom. The summed E-state index contributed by atoms with van der Waals surface area (Å²) in [7, 11) is 0. The van der Waals surface area contributed by atoms with Crippen molar-refractivity contribution < 1.29 is 18.0 Å². The van der Waals surface area contributed by atoms with Crippen LogP contribution in [-0.2, 0) is 17.4 Å². The van der Waals surface area contributed by atoms with Gasteiger partial charge in [0.05, 0.1) is 10.6 Å². The van der Waals surface area contributed by atoms with Crippen molar-refractivity contribution in [2.45, 2.75) is 31.5 Å². The van der Waals surface area contributed by atoms with Gasteiger partial charge in [0, 0.05) is 44.1 Å². The average molecular weight is 399 g/mol. The number of carbonyl (C=O) groups excluding carboxylic acids is 1. The Balaban J connectivity index is 1.53. The summed E-state index contributed by atoms with van der Waals surface area (Å²) in [5.74, 6) is 0.239. The van der Waals surface area contributed by atoms with Crippen LogP contribution in [0.4, 0.5) is 19.0 Å². The van der Waals surface area contributed by atoms with Gasteiger partial charge < -0.3 is 10.2 Å². The SMILES string of the molecule is O=C(CCc1ccncc1)NC1CCN(c2ncc(C(F)(F)F)cc2Cl)C1. The first kappa shape index (κ1) is 19.4. The molecule has 0 saturated carbocycles. The molecule has 0 radical (unpaired) electrons. The first-order chi connectivity index (χ1) is 12.8. The Hall–Kier alpha value is -2.35. The van der Waals surface area contributed by atoms with Gasteiger partial charge in [0.15, 0.2) is 0 Å². The first-order valence-electron chi connectivity index (χ1n) is 8.49. The molecule has 1 aliphatic rings. The molecular weight excluding hydrogens is 381 g/mol. The zero-order valence-corrected chi connectivity index (χ0v) is 15.1. The second-order valence-corrected chi connectivity index (χ2v) is 6.79. The quantitative estimate of drug-likeness (QED) is 0.837. The van der Waals surface area contributed by atoms with Gasteiger partial charge in [-0.3, -0.25) is 9.78 Å². The number of amides is 1. The second-order valence-electron chi connectivity index (χ2n) is 6.38. The maximum atomic E-state index is 12.7. The van der Waals surface area contributed by atoms with E-state index >= 15 is 0 Å². The van der Waals surface area contributed by atoms with Gasteiger partial charge in [-0.15, -0.1) is 0 Å². The van der Waals surface area contributed by atoms with E-state index in [9.17, 15) is 18.0 Å². The van der Waals surface area contributed by atoms with Crippen LogP contribution in [0.25, 0.3) is 0 Å². The molecule has 9 heteroatoms. The Labute approximate surface area is 159 Å². The number of pyridine rings is 2. The summed E-state index contributed by atoms with van der Waals surface area (Å²) in [6, 6.07) is 4.52. The lowest BCUT2D eigenvalue weighted by Gasteiger charge is -2.20. The van der Waals surface area contributed by atoms with E-state index < -0.39 is 11.7 Å². The van der Waals surface area contributed by atoms with E-state index in [0.717, 1.165) is 17.8 Å². The summed E-state index contributed by atoms with van der Waals surface area (Å²) < 4.78 is 38.1. The van der Waals surface area contributed by atoms with Crippen LogP contribution in [0.15, 0.2) is 36.8 Å². The number of hydrogen-bond acceptors (Lipinski definition) is 4. The van der Waals surface area contributed by atoms with Gasteiger partial charge in [-0.2, -0.15) is 13.2 Å².